The molecule has 0 aliphatic heterocycles. The van der Waals surface area contributed by atoms with E-state index in [-0.39, 0.29) is 12.1 Å². The molecule has 2 aromatic heterocycles. The summed E-state index contributed by atoms with van der Waals surface area (Å²) in [6, 6.07) is 11.8. The van der Waals surface area contributed by atoms with Crippen molar-refractivity contribution in [2.75, 3.05) is 0 Å². The second-order valence-electron chi connectivity index (χ2n) is 7.50. The molecule has 2 heterocycles. The molecule has 0 bridgehead atoms. The Hall–Kier alpha value is -2.68. The molecule has 2 atom stereocenters. The molecule has 2 unspecified atom stereocenters. The van der Waals surface area contributed by atoms with Crippen LogP contribution in [0.4, 0.5) is 0 Å². The van der Waals surface area contributed by atoms with Gasteiger partial charge in [-0.05, 0) is 55.3 Å². The normalized spacial score (nSPS) is 14.0. The number of rotatable bonds is 7. The van der Waals surface area contributed by atoms with Gasteiger partial charge in [0.2, 0.25) is 10.0 Å². The van der Waals surface area contributed by atoms with Crippen molar-refractivity contribution in [2.45, 2.75) is 31.4 Å². The highest BCUT2D eigenvalue weighted by Gasteiger charge is 2.34. The SMILES string of the molecule is C=CC(c1ccc2sc(C)nc2c1)S(=O)(=O)n1c(C(CC)C(=O)O)cc2cc(Cl)ccc21. The van der Waals surface area contributed by atoms with Crippen LogP contribution in [0.3, 0.4) is 0 Å². The molecule has 6 nitrogen and oxygen atoms in total. The van der Waals surface area contributed by atoms with Crippen LogP contribution in [0.1, 0.15) is 40.8 Å². The van der Waals surface area contributed by atoms with Crippen LogP contribution in [0, 0.1) is 6.92 Å². The number of carbonyl (C=O) groups is 1. The van der Waals surface area contributed by atoms with E-state index in [1.807, 2.05) is 13.0 Å². The maximum Gasteiger partial charge on any atom is 0.312 e. The molecule has 0 aliphatic carbocycles. The molecule has 0 radical (unpaired) electrons. The highest BCUT2D eigenvalue weighted by molar-refractivity contribution is 7.90. The molecular formula is C23H21ClN2O4S2. The second-order valence-corrected chi connectivity index (χ2v) is 11.1. The zero-order valence-electron chi connectivity index (χ0n) is 17.4. The van der Waals surface area contributed by atoms with E-state index in [2.05, 4.69) is 11.6 Å². The summed E-state index contributed by atoms with van der Waals surface area (Å²) in [5.74, 6) is -2.09. The molecular weight excluding hydrogens is 468 g/mol. The number of benzene rings is 2. The first-order chi connectivity index (χ1) is 15.2. The quantitative estimate of drug-likeness (QED) is 0.327. The van der Waals surface area contributed by atoms with Crippen LogP contribution in [0.25, 0.3) is 21.1 Å². The van der Waals surface area contributed by atoms with Gasteiger partial charge in [-0.15, -0.1) is 17.9 Å². The van der Waals surface area contributed by atoms with Crippen LogP contribution in [0.2, 0.25) is 5.02 Å². The maximum atomic E-state index is 14.0. The monoisotopic (exact) mass is 488 g/mol. The van der Waals surface area contributed by atoms with Crippen LogP contribution >= 0.6 is 22.9 Å². The van der Waals surface area contributed by atoms with E-state index in [1.165, 1.54) is 17.4 Å². The molecule has 9 heteroatoms. The fraction of sp³-hybridized carbons (Fsp3) is 0.217. The number of halogens is 1. The minimum Gasteiger partial charge on any atom is -0.481 e. The lowest BCUT2D eigenvalue weighted by Crippen LogP contribution is -2.25. The Kier molecular flexibility index (Phi) is 5.87. The lowest BCUT2D eigenvalue weighted by molar-refractivity contribution is -0.138. The number of hydrogen-bond donors (Lipinski definition) is 1. The molecule has 32 heavy (non-hydrogen) atoms. The molecule has 166 valence electrons. The Morgan fingerprint density at radius 2 is 2.03 bits per heavy atom. The third-order valence-electron chi connectivity index (χ3n) is 5.45. The van der Waals surface area contributed by atoms with E-state index >= 15 is 0 Å². The van der Waals surface area contributed by atoms with E-state index in [0.29, 0.717) is 27.0 Å². The summed E-state index contributed by atoms with van der Waals surface area (Å²) in [6.07, 6.45) is 1.60. The zero-order valence-corrected chi connectivity index (χ0v) is 19.8. The van der Waals surface area contributed by atoms with Gasteiger partial charge in [0, 0.05) is 16.1 Å². The summed E-state index contributed by atoms with van der Waals surface area (Å²) in [5, 5.41) is 10.6. The lowest BCUT2D eigenvalue weighted by atomic mass is 10.0. The Morgan fingerprint density at radius 3 is 2.69 bits per heavy atom. The minimum atomic E-state index is -4.11. The summed E-state index contributed by atoms with van der Waals surface area (Å²) < 4.78 is 30.1. The fourth-order valence-corrected chi connectivity index (χ4v) is 6.86. The third kappa shape index (κ3) is 3.72. The van der Waals surface area contributed by atoms with E-state index in [1.54, 1.807) is 43.3 Å². The van der Waals surface area contributed by atoms with Crippen LogP contribution in [0.15, 0.2) is 55.1 Å². The highest BCUT2D eigenvalue weighted by Crippen LogP contribution is 2.37. The van der Waals surface area contributed by atoms with E-state index < -0.39 is 27.2 Å². The van der Waals surface area contributed by atoms with Gasteiger partial charge in [-0.2, -0.15) is 0 Å². The number of fused-ring (bicyclic) bond motifs is 2. The smallest absolute Gasteiger partial charge is 0.312 e. The summed E-state index contributed by atoms with van der Waals surface area (Å²) in [6.45, 7) is 7.38. The predicted octanol–water partition coefficient (Wildman–Crippen LogP) is 5.90. The van der Waals surface area contributed by atoms with Gasteiger partial charge < -0.3 is 5.11 Å². The van der Waals surface area contributed by atoms with Gasteiger partial charge in [0.25, 0.3) is 0 Å². The third-order valence-corrected chi connectivity index (χ3v) is 8.66. The Bertz CT molecular complexity index is 1470. The molecule has 0 saturated carbocycles. The molecule has 0 spiro atoms. The number of aromatic nitrogens is 2. The number of nitrogens with zero attached hydrogens (tertiary/aromatic N) is 2. The first-order valence-electron chi connectivity index (χ1n) is 9.95. The van der Waals surface area contributed by atoms with Gasteiger partial charge >= 0.3 is 5.97 Å². The van der Waals surface area contributed by atoms with Gasteiger partial charge in [-0.1, -0.05) is 30.7 Å². The van der Waals surface area contributed by atoms with Crippen LogP contribution < -0.4 is 0 Å². The van der Waals surface area contributed by atoms with Gasteiger partial charge in [0.1, 0.15) is 5.25 Å². The van der Waals surface area contributed by atoms with Crippen LogP contribution in [-0.2, 0) is 14.8 Å². The number of aliphatic carboxylic acids is 1. The van der Waals surface area contributed by atoms with E-state index in [4.69, 9.17) is 11.6 Å². The number of hydrogen-bond acceptors (Lipinski definition) is 5. The number of aryl methyl sites for hydroxylation is 1. The summed E-state index contributed by atoms with van der Waals surface area (Å²) in [4.78, 5) is 16.4. The molecule has 4 aromatic rings. The number of thiazole rings is 1. The minimum absolute atomic E-state index is 0.190. The predicted molar refractivity (Wildman–Crippen MR) is 129 cm³/mol. The molecule has 1 N–H and O–H groups in total. The van der Waals surface area contributed by atoms with Gasteiger partial charge in [0.15, 0.2) is 0 Å². The topological polar surface area (TPSA) is 89.3 Å². The average molecular weight is 489 g/mol. The van der Waals surface area contributed by atoms with Crippen LogP contribution in [0.5, 0.6) is 0 Å². The second kappa shape index (κ2) is 8.35. The van der Waals surface area contributed by atoms with E-state index in [0.717, 1.165) is 13.7 Å². The first kappa shape index (κ1) is 22.5. The number of carboxylic acids is 1. The van der Waals surface area contributed by atoms with Gasteiger partial charge in [-0.25, -0.2) is 17.4 Å². The number of carboxylic acid groups (broad SMARTS) is 1. The lowest BCUT2D eigenvalue weighted by Gasteiger charge is -2.20. The summed E-state index contributed by atoms with van der Waals surface area (Å²) in [5.41, 5.74) is 1.80. The molecule has 0 saturated heterocycles. The Labute approximate surface area is 194 Å². The van der Waals surface area contributed by atoms with Crippen molar-refractivity contribution in [2.24, 2.45) is 0 Å². The van der Waals surface area contributed by atoms with E-state index in [9.17, 15) is 18.3 Å². The molecule has 2 aromatic carbocycles. The molecule has 4 rings (SSSR count). The molecule has 0 amide bonds. The van der Waals surface area contributed by atoms with Crippen molar-refractivity contribution < 1.29 is 18.3 Å². The van der Waals surface area contributed by atoms with Crippen molar-refractivity contribution in [3.63, 3.8) is 0 Å². The highest BCUT2D eigenvalue weighted by atomic mass is 35.5. The molecule has 0 aliphatic rings. The average Bonchev–Trinajstić information content (AvgIpc) is 3.27. The van der Waals surface area contributed by atoms with Crippen molar-refractivity contribution >= 4 is 60.0 Å². The standard InChI is InChI=1S/C23H21ClN2O4S2/c1-4-17(23(27)28)20-12-15-10-16(24)7-8-19(15)26(20)32(29,30)22(5-2)14-6-9-21-18(11-14)25-13(3)31-21/h5-12,17,22H,2,4H2,1,3H3,(H,27,28). The van der Waals surface area contributed by atoms with Crippen molar-refractivity contribution in [1.82, 2.24) is 8.96 Å². The van der Waals surface area contributed by atoms with Gasteiger partial charge in [0.05, 0.1) is 26.7 Å². The largest absolute Gasteiger partial charge is 0.481 e. The van der Waals surface area contributed by atoms with Gasteiger partial charge in [-0.3, -0.25) is 4.79 Å². The zero-order chi connectivity index (χ0) is 23.2. The van der Waals surface area contributed by atoms with Crippen LogP contribution in [-0.4, -0.2) is 28.5 Å². The maximum absolute atomic E-state index is 14.0. The van der Waals surface area contributed by atoms with Crippen molar-refractivity contribution in [3.8, 4) is 0 Å². The fourth-order valence-electron chi connectivity index (χ4n) is 4.00. The first-order valence-corrected chi connectivity index (χ1v) is 12.6. The summed E-state index contributed by atoms with van der Waals surface area (Å²) >= 11 is 7.65. The van der Waals surface area contributed by atoms with Crippen molar-refractivity contribution in [3.05, 3.63) is 76.4 Å². The van der Waals surface area contributed by atoms with Crippen molar-refractivity contribution in [1.29, 1.82) is 0 Å². The Balaban J connectivity index is 1.97. The Morgan fingerprint density at radius 1 is 1.28 bits per heavy atom. The summed E-state index contributed by atoms with van der Waals surface area (Å²) in [7, 11) is -4.11. The molecule has 0 fully saturated rings.